The summed E-state index contributed by atoms with van der Waals surface area (Å²) in [5.74, 6) is 0. The lowest BCUT2D eigenvalue weighted by atomic mass is 10.2. The highest BCUT2D eigenvalue weighted by atomic mass is 16.1. The molecular weight excluding hydrogens is 212 g/mol. The van der Waals surface area contributed by atoms with Crippen molar-refractivity contribution in [2.75, 3.05) is 0 Å². The number of hydrogen-bond acceptors (Lipinski definition) is 1. The van der Waals surface area contributed by atoms with E-state index in [4.69, 9.17) is 0 Å². The number of aromatic nitrogens is 2. The maximum atomic E-state index is 12.1. The molecule has 1 aromatic carbocycles. The van der Waals surface area contributed by atoms with Gasteiger partial charge in [-0.3, -0.25) is 4.79 Å². The molecule has 86 valence electrons. The van der Waals surface area contributed by atoms with Gasteiger partial charge in [-0.1, -0.05) is 18.2 Å². The smallest absolute Gasteiger partial charge is 0.191 e. The number of para-hydroxylation sites is 1. The van der Waals surface area contributed by atoms with E-state index in [0.29, 0.717) is 0 Å². The fourth-order valence-corrected chi connectivity index (χ4v) is 2.50. The molecule has 0 aliphatic rings. The van der Waals surface area contributed by atoms with Crippen LogP contribution in [0.1, 0.15) is 12.6 Å². The van der Waals surface area contributed by atoms with Crippen LogP contribution < -0.4 is 5.43 Å². The number of nitrogens with one attached hydrogen (secondary N) is 1. The molecule has 0 amide bonds. The molecule has 0 saturated carbocycles. The average Bonchev–Trinajstić information content (AvgIpc) is 2.62. The molecule has 3 rings (SSSR count). The van der Waals surface area contributed by atoms with E-state index in [2.05, 4.69) is 22.5 Å². The maximum Gasteiger partial charge on any atom is 0.191 e. The van der Waals surface area contributed by atoms with Crippen molar-refractivity contribution in [2.24, 2.45) is 0 Å². The number of aryl methyl sites for hydroxylation is 2. The van der Waals surface area contributed by atoms with E-state index in [1.807, 2.05) is 25.1 Å². The SMILES string of the molecule is CCn1c2ccccc2c2c(=O)cc(C)[nH]c21. The summed E-state index contributed by atoms with van der Waals surface area (Å²) >= 11 is 0. The van der Waals surface area contributed by atoms with Gasteiger partial charge in [0.05, 0.1) is 10.9 Å². The second kappa shape index (κ2) is 3.48. The highest BCUT2D eigenvalue weighted by molar-refractivity contribution is 6.06. The standard InChI is InChI=1S/C14H14N2O/c1-3-16-11-7-5-4-6-10(11)13-12(17)8-9(2)15-14(13)16/h4-8H,3H2,1-2H3,(H,15,17). The van der Waals surface area contributed by atoms with Crippen molar-refractivity contribution in [2.45, 2.75) is 20.4 Å². The van der Waals surface area contributed by atoms with Gasteiger partial charge >= 0.3 is 0 Å². The molecule has 3 nitrogen and oxygen atoms in total. The molecule has 0 bridgehead atoms. The number of rotatable bonds is 1. The lowest BCUT2D eigenvalue weighted by Crippen LogP contribution is -2.04. The van der Waals surface area contributed by atoms with Crippen LogP contribution in [0, 0.1) is 6.92 Å². The number of hydrogen-bond donors (Lipinski definition) is 1. The molecule has 3 heteroatoms. The van der Waals surface area contributed by atoms with E-state index in [-0.39, 0.29) is 5.43 Å². The van der Waals surface area contributed by atoms with Crippen molar-refractivity contribution in [3.8, 4) is 0 Å². The highest BCUT2D eigenvalue weighted by Crippen LogP contribution is 2.25. The van der Waals surface area contributed by atoms with Gasteiger partial charge in [-0.15, -0.1) is 0 Å². The first kappa shape index (κ1) is 10.1. The Hall–Kier alpha value is -2.03. The van der Waals surface area contributed by atoms with Crippen LogP contribution >= 0.6 is 0 Å². The second-order valence-electron chi connectivity index (χ2n) is 4.30. The molecule has 3 aromatic rings. The minimum Gasteiger partial charge on any atom is -0.345 e. The molecular formula is C14H14N2O. The molecule has 0 fully saturated rings. The molecule has 0 spiro atoms. The summed E-state index contributed by atoms with van der Waals surface area (Å²) in [7, 11) is 0. The van der Waals surface area contributed by atoms with Gasteiger partial charge in [-0.05, 0) is 19.9 Å². The highest BCUT2D eigenvalue weighted by Gasteiger charge is 2.12. The van der Waals surface area contributed by atoms with Crippen LogP contribution in [0.5, 0.6) is 0 Å². The van der Waals surface area contributed by atoms with Crippen LogP contribution in [-0.2, 0) is 6.54 Å². The van der Waals surface area contributed by atoms with Crippen LogP contribution in [0.3, 0.4) is 0 Å². The van der Waals surface area contributed by atoms with E-state index < -0.39 is 0 Å². The molecule has 17 heavy (non-hydrogen) atoms. The Kier molecular flexibility index (Phi) is 2.08. The van der Waals surface area contributed by atoms with Crippen LogP contribution in [0.4, 0.5) is 0 Å². The second-order valence-corrected chi connectivity index (χ2v) is 4.30. The van der Waals surface area contributed by atoms with Gasteiger partial charge in [-0.25, -0.2) is 0 Å². The Morgan fingerprint density at radius 2 is 2.06 bits per heavy atom. The average molecular weight is 226 g/mol. The number of nitrogens with zero attached hydrogens (tertiary/aromatic N) is 1. The predicted molar refractivity (Wildman–Crippen MR) is 70.5 cm³/mol. The van der Waals surface area contributed by atoms with Gasteiger partial charge in [0.1, 0.15) is 5.65 Å². The lowest BCUT2D eigenvalue weighted by Gasteiger charge is -2.03. The quantitative estimate of drug-likeness (QED) is 0.680. The number of fused-ring (bicyclic) bond motifs is 3. The summed E-state index contributed by atoms with van der Waals surface area (Å²) in [4.78, 5) is 15.4. The zero-order valence-corrected chi connectivity index (χ0v) is 9.95. The number of aromatic amines is 1. The molecule has 0 radical (unpaired) electrons. The first-order valence-corrected chi connectivity index (χ1v) is 5.83. The summed E-state index contributed by atoms with van der Waals surface area (Å²) in [6.07, 6.45) is 0. The van der Waals surface area contributed by atoms with E-state index in [1.54, 1.807) is 6.07 Å². The van der Waals surface area contributed by atoms with Crippen molar-refractivity contribution in [1.82, 2.24) is 9.55 Å². The summed E-state index contributed by atoms with van der Waals surface area (Å²) < 4.78 is 2.15. The Labute approximate surface area is 98.7 Å². The van der Waals surface area contributed by atoms with E-state index in [9.17, 15) is 4.79 Å². The topological polar surface area (TPSA) is 37.8 Å². The molecule has 0 atom stereocenters. The number of pyridine rings is 1. The van der Waals surface area contributed by atoms with Crippen molar-refractivity contribution in [1.29, 1.82) is 0 Å². The largest absolute Gasteiger partial charge is 0.345 e. The van der Waals surface area contributed by atoms with Crippen LogP contribution in [0.15, 0.2) is 35.1 Å². The third kappa shape index (κ3) is 1.32. The molecule has 2 heterocycles. The molecule has 0 unspecified atom stereocenters. The summed E-state index contributed by atoms with van der Waals surface area (Å²) in [6, 6.07) is 9.70. The van der Waals surface area contributed by atoms with Gasteiger partial charge in [0.25, 0.3) is 0 Å². The number of benzene rings is 1. The summed E-state index contributed by atoms with van der Waals surface area (Å²) in [5.41, 5.74) is 3.04. The zero-order valence-electron chi connectivity index (χ0n) is 9.95. The first-order chi connectivity index (χ1) is 8.22. The Bertz CT molecular complexity index is 765. The lowest BCUT2D eigenvalue weighted by molar-refractivity contribution is 0.814. The minimum absolute atomic E-state index is 0.0969. The molecule has 2 aromatic heterocycles. The summed E-state index contributed by atoms with van der Waals surface area (Å²) in [5, 5.41) is 1.83. The molecule has 0 aliphatic carbocycles. The van der Waals surface area contributed by atoms with Gasteiger partial charge in [0.2, 0.25) is 0 Å². The number of H-pyrrole nitrogens is 1. The van der Waals surface area contributed by atoms with Gasteiger partial charge < -0.3 is 9.55 Å². The monoisotopic (exact) mass is 226 g/mol. The molecule has 1 N–H and O–H groups in total. The predicted octanol–water partition coefficient (Wildman–Crippen LogP) is 2.81. The van der Waals surface area contributed by atoms with Crippen LogP contribution in [0.2, 0.25) is 0 Å². The Balaban J connectivity index is 2.68. The van der Waals surface area contributed by atoms with Gasteiger partial charge in [-0.2, -0.15) is 0 Å². The zero-order chi connectivity index (χ0) is 12.0. The van der Waals surface area contributed by atoms with E-state index in [0.717, 1.165) is 34.2 Å². The summed E-state index contributed by atoms with van der Waals surface area (Å²) in [6.45, 7) is 4.86. The van der Waals surface area contributed by atoms with E-state index in [1.165, 1.54) is 0 Å². The minimum atomic E-state index is 0.0969. The van der Waals surface area contributed by atoms with Crippen LogP contribution in [-0.4, -0.2) is 9.55 Å². The molecule has 0 aliphatic heterocycles. The van der Waals surface area contributed by atoms with Crippen molar-refractivity contribution in [3.63, 3.8) is 0 Å². The third-order valence-corrected chi connectivity index (χ3v) is 3.20. The fourth-order valence-electron chi connectivity index (χ4n) is 2.50. The van der Waals surface area contributed by atoms with Crippen LogP contribution in [0.25, 0.3) is 21.9 Å². The maximum absolute atomic E-state index is 12.1. The van der Waals surface area contributed by atoms with Crippen molar-refractivity contribution < 1.29 is 0 Å². The van der Waals surface area contributed by atoms with E-state index >= 15 is 0 Å². The molecule has 0 saturated heterocycles. The normalized spacial score (nSPS) is 11.4. The first-order valence-electron chi connectivity index (χ1n) is 5.83. The van der Waals surface area contributed by atoms with Crippen molar-refractivity contribution in [3.05, 3.63) is 46.2 Å². The Morgan fingerprint density at radius 3 is 2.82 bits per heavy atom. The van der Waals surface area contributed by atoms with Gasteiger partial charge in [0, 0.05) is 23.7 Å². The fraction of sp³-hybridized carbons (Fsp3) is 0.214. The van der Waals surface area contributed by atoms with Gasteiger partial charge in [0.15, 0.2) is 5.43 Å². The Morgan fingerprint density at radius 1 is 1.29 bits per heavy atom. The van der Waals surface area contributed by atoms with Crippen molar-refractivity contribution >= 4 is 21.9 Å². The third-order valence-electron chi connectivity index (χ3n) is 3.20.